The van der Waals surface area contributed by atoms with Crippen molar-refractivity contribution in [1.82, 2.24) is 19.5 Å². The topological polar surface area (TPSA) is 170 Å². The van der Waals surface area contributed by atoms with E-state index in [1.54, 1.807) is 25.3 Å². The number of hydrogen-bond acceptors (Lipinski definition) is 10. The standard InChI is InChI=1S/C18H31N6O6P/c1-9(2)28-7-10-12(30-31(25,26)18(3,4)5)13(27-6)16(29-10)24-8-21-11-14(19)22-17(20)23-15(11)24/h8-10,12-13,16H,7H2,1-6H3,(H,25,26)(H4,19,20,22,23)/t10-,12+,13?,16-/m1/s1. The van der Waals surface area contributed by atoms with Gasteiger partial charge in [0.25, 0.3) is 0 Å². The maximum atomic E-state index is 12.9. The highest BCUT2D eigenvalue weighted by Gasteiger charge is 2.52. The molecular weight excluding hydrogens is 427 g/mol. The number of nitrogens with zero attached hydrogens (tertiary/aromatic N) is 4. The summed E-state index contributed by atoms with van der Waals surface area (Å²) in [6.07, 6.45) is -1.72. The highest BCUT2D eigenvalue weighted by atomic mass is 31.2. The Morgan fingerprint density at radius 2 is 1.97 bits per heavy atom. The highest BCUT2D eigenvalue weighted by Crippen LogP contribution is 2.57. The van der Waals surface area contributed by atoms with E-state index >= 15 is 0 Å². The molecule has 174 valence electrons. The lowest BCUT2D eigenvalue weighted by molar-refractivity contribution is -0.0767. The number of nitrogen functional groups attached to an aromatic ring is 2. The lowest BCUT2D eigenvalue weighted by Gasteiger charge is -2.31. The third-order valence-corrected chi connectivity index (χ3v) is 7.23. The molecule has 12 nitrogen and oxygen atoms in total. The Hall–Kier alpha value is -1.82. The fraction of sp³-hybridized carbons (Fsp3) is 0.722. The van der Waals surface area contributed by atoms with E-state index in [9.17, 15) is 9.46 Å². The molecule has 31 heavy (non-hydrogen) atoms. The Morgan fingerprint density at radius 1 is 1.29 bits per heavy atom. The molecule has 3 heterocycles. The van der Waals surface area contributed by atoms with Crippen LogP contribution in [0.25, 0.3) is 11.2 Å². The van der Waals surface area contributed by atoms with Gasteiger partial charge >= 0.3 is 7.60 Å². The van der Waals surface area contributed by atoms with Gasteiger partial charge in [0.2, 0.25) is 5.95 Å². The summed E-state index contributed by atoms with van der Waals surface area (Å²) in [6, 6.07) is 0. The Kier molecular flexibility index (Phi) is 6.62. The summed E-state index contributed by atoms with van der Waals surface area (Å²) in [5, 5.41) is -0.995. The first-order valence-corrected chi connectivity index (χ1v) is 11.5. The van der Waals surface area contributed by atoms with Crippen molar-refractivity contribution >= 4 is 30.5 Å². The summed E-state index contributed by atoms with van der Waals surface area (Å²) < 4.78 is 37.9. The predicted octanol–water partition coefficient (Wildman–Crippen LogP) is 1.70. The van der Waals surface area contributed by atoms with E-state index in [0.29, 0.717) is 11.2 Å². The van der Waals surface area contributed by atoms with Crippen LogP contribution in [0.15, 0.2) is 6.33 Å². The van der Waals surface area contributed by atoms with Crippen molar-refractivity contribution in [2.75, 3.05) is 25.2 Å². The van der Waals surface area contributed by atoms with Crippen LogP contribution in [0.1, 0.15) is 40.8 Å². The Morgan fingerprint density at radius 3 is 2.55 bits per heavy atom. The summed E-state index contributed by atoms with van der Waals surface area (Å²) in [5.74, 6) is 0.118. The second-order valence-electron chi connectivity index (χ2n) is 8.70. The van der Waals surface area contributed by atoms with Crippen molar-refractivity contribution in [2.45, 2.75) is 70.4 Å². The molecule has 1 saturated heterocycles. The van der Waals surface area contributed by atoms with Gasteiger partial charge in [0.15, 0.2) is 17.7 Å². The molecule has 3 rings (SSSR count). The van der Waals surface area contributed by atoms with Crippen LogP contribution < -0.4 is 11.5 Å². The molecule has 0 bridgehead atoms. The first-order chi connectivity index (χ1) is 14.4. The average Bonchev–Trinajstić information content (AvgIpc) is 3.19. The minimum absolute atomic E-state index is 0.0150. The van der Waals surface area contributed by atoms with Gasteiger partial charge in [0.1, 0.15) is 23.8 Å². The summed E-state index contributed by atoms with van der Waals surface area (Å²) >= 11 is 0. The molecule has 0 radical (unpaired) electrons. The van der Waals surface area contributed by atoms with Crippen molar-refractivity contribution < 1.29 is 28.2 Å². The monoisotopic (exact) mass is 458 g/mol. The van der Waals surface area contributed by atoms with Crippen LogP contribution in [0.3, 0.4) is 0 Å². The summed E-state index contributed by atoms with van der Waals surface area (Å²) in [4.78, 5) is 23.0. The largest absolute Gasteiger partial charge is 0.382 e. The zero-order valence-corrected chi connectivity index (χ0v) is 19.4. The van der Waals surface area contributed by atoms with Gasteiger partial charge < -0.3 is 30.6 Å². The van der Waals surface area contributed by atoms with Crippen molar-refractivity contribution in [3.05, 3.63) is 6.33 Å². The third-order valence-electron chi connectivity index (χ3n) is 5.00. The molecule has 0 spiro atoms. The summed E-state index contributed by atoms with van der Waals surface area (Å²) in [6.45, 7) is 8.80. The zero-order valence-electron chi connectivity index (χ0n) is 18.6. The number of rotatable bonds is 7. The molecule has 0 aromatic carbocycles. The predicted molar refractivity (Wildman–Crippen MR) is 114 cm³/mol. The Labute approximate surface area is 180 Å². The van der Waals surface area contributed by atoms with Gasteiger partial charge in [-0.3, -0.25) is 13.7 Å². The highest BCUT2D eigenvalue weighted by molar-refractivity contribution is 7.54. The summed E-state index contributed by atoms with van der Waals surface area (Å²) in [7, 11) is -2.56. The molecule has 5 N–H and O–H groups in total. The molecule has 2 aromatic rings. The minimum Gasteiger partial charge on any atom is -0.382 e. The number of anilines is 2. The lowest BCUT2D eigenvalue weighted by Crippen LogP contribution is -2.39. The second kappa shape index (κ2) is 8.61. The van der Waals surface area contributed by atoms with E-state index < -0.39 is 37.3 Å². The first-order valence-electron chi connectivity index (χ1n) is 9.92. The Balaban J connectivity index is 2.01. The van der Waals surface area contributed by atoms with Crippen LogP contribution in [-0.2, 0) is 23.3 Å². The number of methoxy groups -OCH3 is 1. The lowest BCUT2D eigenvalue weighted by atomic mass is 10.1. The zero-order chi connectivity index (χ0) is 23.1. The fourth-order valence-electron chi connectivity index (χ4n) is 3.20. The Bertz CT molecular complexity index is 976. The molecule has 13 heteroatoms. The number of ether oxygens (including phenoxy) is 3. The number of nitrogens with two attached hydrogens (primary N) is 2. The molecule has 0 aliphatic carbocycles. The maximum Gasteiger partial charge on any atom is 0.333 e. The number of imidazole rings is 1. The van der Waals surface area contributed by atoms with Crippen LogP contribution in [0.4, 0.5) is 11.8 Å². The van der Waals surface area contributed by atoms with Crippen LogP contribution in [-0.4, -0.2) is 67.7 Å². The molecule has 1 fully saturated rings. The average molecular weight is 458 g/mol. The van der Waals surface area contributed by atoms with Crippen LogP contribution >= 0.6 is 7.60 Å². The normalized spacial score (nSPS) is 26.6. The van der Waals surface area contributed by atoms with Gasteiger partial charge in [-0.15, -0.1) is 0 Å². The van der Waals surface area contributed by atoms with E-state index in [0.717, 1.165) is 0 Å². The van der Waals surface area contributed by atoms with Gasteiger partial charge in [-0.25, -0.2) is 4.98 Å². The molecular formula is C18H31N6O6P. The number of fused-ring (bicyclic) bond motifs is 1. The molecule has 0 saturated carbocycles. The van der Waals surface area contributed by atoms with Gasteiger partial charge in [0.05, 0.1) is 24.2 Å². The molecule has 1 aliphatic heterocycles. The van der Waals surface area contributed by atoms with E-state index in [-0.39, 0.29) is 24.5 Å². The van der Waals surface area contributed by atoms with Crippen LogP contribution in [0, 0.1) is 0 Å². The van der Waals surface area contributed by atoms with E-state index in [1.165, 1.54) is 13.4 Å². The van der Waals surface area contributed by atoms with Crippen LogP contribution in [0.5, 0.6) is 0 Å². The smallest absolute Gasteiger partial charge is 0.333 e. The minimum atomic E-state index is -4.03. The van der Waals surface area contributed by atoms with Gasteiger partial charge in [-0.1, -0.05) is 0 Å². The van der Waals surface area contributed by atoms with Gasteiger partial charge in [-0.05, 0) is 34.6 Å². The molecule has 2 aromatic heterocycles. The van der Waals surface area contributed by atoms with Gasteiger partial charge in [0, 0.05) is 7.11 Å². The van der Waals surface area contributed by atoms with Crippen molar-refractivity contribution in [3.63, 3.8) is 0 Å². The SMILES string of the molecule is COC1[C@@H](OP(=O)(O)C(C)(C)C)[C@@H](COC(C)C)O[C@H]1n1cnc2c(N)nc(N)nc21. The summed E-state index contributed by atoms with van der Waals surface area (Å²) in [5.41, 5.74) is 12.4. The number of hydrogen-bond donors (Lipinski definition) is 3. The van der Waals surface area contributed by atoms with E-state index in [1.807, 2.05) is 13.8 Å². The molecule has 5 atom stereocenters. The van der Waals surface area contributed by atoms with Gasteiger partial charge in [-0.2, -0.15) is 9.97 Å². The van der Waals surface area contributed by atoms with Crippen molar-refractivity contribution in [3.8, 4) is 0 Å². The third kappa shape index (κ3) is 4.69. The molecule has 1 aliphatic rings. The van der Waals surface area contributed by atoms with E-state index in [2.05, 4.69) is 15.0 Å². The van der Waals surface area contributed by atoms with Crippen LogP contribution in [0.2, 0.25) is 0 Å². The first kappa shape index (κ1) is 23.8. The number of aromatic nitrogens is 4. The molecule has 2 unspecified atom stereocenters. The van der Waals surface area contributed by atoms with Crippen molar-refractivity contribution in [1.29, 1.82) is 0 Å². The second-order valence-corrected chi connectivity index (χ2v) is 11.3. The van der Waals surface area contributed by atoms with E-state index in [4.69, 9.17) is 30.2 Å². The maximum absolute atomic E-state index is 12.9. The van der Waals surface area contributed by atoms with Crippen molar-refractivity contribution in [2.24, 2.45) is 0 Å². The molecule has 0 amide bonds. The quantitative estimate of drug-likeness (QED) is 0.516. The fourth-order valence-corrected chi connectivity index (χ4v) is 4.10.